The Bertz CT molecular complexity index is 528. The molecule has 100 valence electrons. The van der Waals surface area contributed by atoms with E-state index in [4.69, 9.17) is 15.6 Å². The fourth-order valence-electron chi connectivity index (χ4n) is 1.76. The highest BCUT2D eigenvalue weighted by Gasteiger charge is 2.11. The minimum absolute atomic E-state index is 0.0635. The van der Waals surface area contributed by atoms with Crippen molar-refractivity contribution in [1.82, 2.24) is 0 Å². The summed E-state index contributed by atoms with van der Waals surface area (Å²) in [6, 6.07) is 14.0. The zero-order valence-corrected chi connectivity index (χ0v) is 10.5. The molecule has 0 aliphatic heterocycles. The van der Waals surface area contributed by atoms with Crippen LogP contribution in [0.3, 0.4) is 0 Å². The molecule has 2 rings (SSSR count). The third-order valence-electron chi connectivity index (χ3n) is 2.84. The molecule has 0 unspecified atom stereocenters. The van der Waals surface area contributed by atoms with E-state index >= 15 is 0 Å². The normalized spacial score (nSPS) is 12.1. The molecule has 4 N–H and O–H groups in total. The van der Waals surface area contributed by atoms with Crippen molar-refractivity contribution >= 4 is 0 Å². The van der Waals surface area contributed by atoms with Crippen molar-refractivity contribution in [2.75, 3.05) is 6.61 Å². The lowest BCUT2D eigenvalue weighted by Crippen LogP contribution is -2.14. The Balaban J connectivity index is 2.09. The third kappa shape index (κ3) is 3.47. The van der Waals surface area contributed by atoms with E-state index in [0.29, 0.717) is 17.9 Å². The van der Waals surface area contributed by atoms with Gasteiger partial charge in [-0.3, -0.25) is 0 Å². The fourth-order valence-corrected chi connectivity index (χ4v) is 1.76. The van der Waals surface area contributed by atoms with Crippen LogP contribution in [0.4, 0.5) is 0 Å². The topological polar surface area (TPSA) is 75.7 Å². The zero-order valence-electron chi connectivity index (χ0n) is 10.5. The van der Waals surface area contributed by atoms with Crippen molar-refractivity contribution in [2.45, 2.75) is 12.6 Å². The number of hydrogen-bond donors (Lipinski definition) is 3. The maximum atomic E-state index is 9.68. The van der Waals surface area contributed by atoms with Crippen LogP contribution in [-0.4, -0.2) is 16.8 Å². The summed E-state index contributed by atoms with van der Waals surface area (Å²) < 4.78 is 5.63. The van der Waals surface area contributed by atoms with Gasteiger partial charge in [0.1, 0.15) is 18.1 Å². The molecule has 0 heterocycles. The Labute approximate surface area is 112 Å². The molecule has 0 saturated carbocycles. The van der Waals surface area contributed by atoms with E-state index < -0.39 is 6.04 Å². The van der Waals surface area contributed by atoms with Crippen molar-refractivity contribution < 1.29 is 14.9 Å². The predicted molar refractivity (Wildman–Crippen MR) is 72.9 cm³/mol. The molecule has 0 aromatic heterocycles. The van der Waals surface area contributed by atoms with Crippen LogP contribution in [0.2, 0.25) is 0 Å². The summed E-state index contributed by atoms with van der Waals surface area (Å²) in [5.74, 6) is 0.675. The van der Waals surface area contributed by atoms with Crippen LogP contribution in [0, 0.1) is 0 Å². The van der Waals surface area contributed by atoms with Crippen molar-refractivity contribution in [1.29, 1.82) is 0 Å². The second-order valence-corrected chi connectivity index (χ2v) is 4.28. The molecule has 2 aromatic carbocycles. The Hall–Kier alpha value is -2.04. The van der Waals surface area contributed by atoms with Crippen molar-refractivity contribution in [3.63, 3.8) is 0 Å². The third-order valence-corrected chi connectivity index (χ3v) is 2.84. The Morgan fingerprint density at radius 3 is 2.53 bits per heavy atom. The molecule has 19 heavy (non-hydrogen) atoms. The zero-order chi connectivity index (χ0) is 13.7. The number of aromatic hydroxyl groups is 1. The predicted octanol–water partition coefficient (Wildman–Crippen LogP) is 1.96. The molecular weight excluding hydrogens is 242 g/mol. The molecule has 0 saturated heterocycles. The summed E-state index contributed by atoms with van der Waals surface area (Å²) in [5.41, 5.74) is 7.24. The minimum atomic E-state index is -0.611. The van der Waals surface area contributed by atoms with E-state index in [-0.39, 0.29) is 12.4 Å². The molecule has 0 bridgehead atoms. The van der Waals surface area contributed by atoms with Crippen LogP contribution in [0.5, 0.6) is 11.5 Å². The SMILES string of the molecule is N[C@H](CO)c1cc(OCc2ccccc2)ccc1O. The van der Waals surface area contributed by atoms with E-state index in [1.54, 1.807) is 12.1 Å². The average Bonchev–Trinajstić information content (AvgIpc) is 2.46. The molecule has 0 aliphatic rings. The van der Waals surface area contributed by atoms with Gasteiger partial charge in [0.2, 0.25) is 0 Å². The van der Waals surface area contributed by atoms with Crippen LogP contribution in [-0.2, 0) is 6.61 Å². The molecule has 4 nitrogen and oxygen atoms in total. The monoisotopic (exact) mass is 259 g/mol. The molecular formula is C15H17NO3. The smallest absolute Gasteiger partial charge is 0.120 e. The Kier molecular flexibility index (Phi) is 4.39. The molecule has 0 spiro atoms. The summed E-state index contributed by atoms with van der Waals surface area (Å²) in [4.78, 5) is 0. The van der Waals surface area contributed by atoms with Crippen molar-refractivity contribution in [3.05, 3.63) is 59.7 Å². The lowest BCUT2D eigenvalue weighted by atomic mass is 10.1. The maximum absolute atomic E-state index is 9.68. The second kappa shape index (κ2) is 6.22. The van der Waals surface area contributed by atoms with Gasteiger partial charge in [0.25, 0.3) is 0 Å². The molecule has 2 aromatic rings. The van der Waals surface area contributed by atoms with Gasteiger partial charge in [-0.1, -0.05) is 30.3 Å². The number of phenolic OH excluding ortho intramolecular Hbond substituents is 1. The average molecular weight is 259 g/mol. The van der Waals surface area contributed by atoms with E-state index in [1.165, 1.54) is 6.07 Å². The number of rotatable bonds is 5. The van der Waals surface area contributed by atoms with Gasteiger partial charge in [-0.05, 0) is 23.8 Å². The lowest BCUT2D eigenvalue weighted by molar-refractivity contribution is 0.264. The summed E-state index contributed by atoms with van der Waals surface area (Å²) in [7, 11) is 0. The summed E-state index contributed by atoms with van der Waals surface area (Å²) in [6.45, 7) is 0.217. The van der Waals surface area contributed by atoms with E-state index in [1.807, 2.05) is 30.3 Å². The number of ether oxygens (including phenoxy) is 1. The van der Waals surface area contributed by atoms with E-state index in [0.717, 1.165) is 5.56 Å². The van der Waals surface area contributed by atoms with Crippen LogP contribution in [0.25, 0.3) is 0 Å². The molecule has 4 heteroatoms. The van der Waals surface area contributed by atoms with Crippen LogP contribution < -0.4 is 10.5 Å². The first-order valence-corrected chi connectivity index (χ1v) is 6.07. The number of phenols is 1. The first-order valence-electron chi connectivity index (χ1n) is 6.07. The fraction of sp³-hybridized carbons (Fsp3) is 0.200. The van der Waals surface area contributed by atoms with Gasteiger partial charge in [0.05, 0.1) is 12.6 Å². The van der Waals surface area contributed by atoms with Gasteiger partial charge in [-0.15, -0.1) is 0 Å². The molecule has 0 aliphatic carbocycles. The Morgan fingerprint density at radius 1 is 1.11 bits per heavy atom. The first-order chi connectivity index (χ1) is 9.20. The lowest BCUT2D eigenvalue weighted by Gasteiger charge is -2.13. The van der Waals surface area contributed by atoms with Crippen LogP contribution in [0.15, 0.2) is 48.5 Å². The van der Waals surface area contributed by atoms with Gasteiger partial charge in [0.15, 0.2) is 0 Å². The highest BCUT2D eigenvalue weighted by atomic mass is 16.5. The Morgan fingerprint density at radius 2 is 1.84 bits per heavy atom. The quantitative estimate of drug-likeness (QED) is 0.767. The van der Waals surface area contributed by atoms with Crippen molar-refractivity contribution in [2.24, 2.45) is 5.73 Å². The number of nitrogens with two attached hydrogens (primary N) is 1. The van der Waals surface area contributed by atoms with E-state index in [2.05, 4.69) is 0 Å². The van der Waals surface area contributed by atoms with Gasteiger partial charge < -0.3 is 20.7 Å². The molecule has 0 amide bonds. The highest BCUT2D eigenvalue weighted by Crippen LogP contribution is 2.27. The number of hydrogen-bond acceptors (Lipinski definition) is 4. The molecule has 0 radical (unpaired) electrons. The van der Waals surface area contributed by atoms with Gasteiger partial charge in [0, 0.05) is 5.56 Å². The van der Waals surface area contributed by atoms with Crippen LogP contribution in [0.1, 0.15) is 17.2 Å². The summed E-state index contributed by atoms with van der Waals surface area (Å²) >= 11 is 0. The maximum Gasteiger partial charge on any atom is 0.120 e. The number of benzene rings is 2. The largest absolute Gasteiger partial charge is 0.508 e. The van der Waals surface area contributed by atoms with Gasteiger partial charge >= 0.3 is 0 Å². The highest BCUT2D eigenvalue weighted by molar-refractivity contribution is 5.41. The summed E-state index contributed by atoms with van der Waals surface area (Å²) in [5, 5.41) is 18.7. The minimum Gasteiger partial charge on any atom is -0.508 e. The summed E-state index contributed by atoms with van der Waals surface area (Å²) in [6.07, 6.45) is 0. The van der Waals surface area contributed by atoms with E-state index in [9.17, 15) is 5.11 Å². The molecule has 1 atom stereocenters. The van der Waals surface area contributed by atoms with Crippen molar-refractivity contribution in [3.8, 4) is 11.5 Å². The van der Waals surface area contributed by atoms with Gasteiger partial charge in [-0.2, -0.15) is 0 Å². The van der Waals surface area contributed by atoms with Gasteiger partial charge in [-0.25, -0.2) is 0 Å². The number of aliphatic hydroxyl groups is 1. The second-order valence-electron chi connectivity index (χ2n) is 4.28. The molecule has 0 fully saturated rings. The first kappa shape index (κ1) is 13.4. The standard InChI is InChI=1S/C15H17NO3/c16-14(9-17)13-8-12(6-7-15(13)18)19-10-11-4-2-1-3-5-11/h1-8,14,17-18H,9-10,16H2/t14-/m1/s1. The number of aliphatic hydroxyl groups excluding tert-OH is 1. The van der Waals surface area contributed by atoms with Crippen LogP contribution >= 0.6 is 0 Å².